The number of hydrogen-bond donors (Lipinski definition) is 1. The van der Waals surface area contributed by atoms with E-state index in [1.54, 1.807) is 36.4 Å². The molecule has 0 heterocycles. The van der Waals surface area contributed by atoms with E-state index in [4.69, 9.17) is 11.6 Å². The zero-order valence-corrected chi connectivity index (χ0v) is 14.9. The van der Waals surface area contributed by atoms with Gasteiger partial charge in [-0.1, -0.05) is 46.6 Å². The molecule has 0 fully saturated rings. The van der Waals surface area contributed by atoms with E-state index in [2.05, 4.69) is 25.9 Å². The molecule has 116 valence electrons. The fourth-order valence-corrected chi connectivity index (χ4v) is 2.99. The topological polar surface area (TPSA) is 58.5 Å². The molecule has 0 unspecified atom stereocenters. The Morgan fingerprint density at radius 2 is 1.73 bits per heavy atom. The molecular weight excluding hydrogens is 388 g/mol. The van der Waals surface area contributed by atoms with E-state index in [0.29, 0.717) is 17.2 Å². The predicted molar refractivity (Wildman–Crippen MR) is 92.7 cm³/mol. The van der Waals surface area contributed by atoms with Gasteiger partial charge in [0.25, 0.3) is 10.0 Å². The fourth-order valence-electron chi connectivity index (χ4n) is 1.77. The lowest BCUT2D eigenvalue weighted by atomic mass is 10.1. The summed E-state index contributed by atoms with van der Waals surface area (Å²) in [4.78, 5) is 2.43. The van der Waals surface area contributed by atoms with Crippen LogP contribution in [0.25, 0.3) is 0 Å². The van der Waals surface area contributed by atoms with Crippen molar-refractivity contribution in [1.29, 1.82) is 0 Å². The van der Waals surface area contributed by atoms with Crippen LogP contribution in [0.3, 0.4) is 0 Å². The van der Waals surface area contributed by atoms with E-state index in [9.17, 15) is 8.42 Å². The second kappa shape index (κ2) is 7.26. The van der Waals surface area contributed by atoms with E-state index in [0.717, 1.165) is 10.0 Å². The number of nitrogens with one attached hydrogen (secondary N) is 1. The van der Waals surface area contributed by atoms with Gasteiger partial charge in [-0.15, -0.1) is 0 Å². The maximum absolute atomic E-state index is 12.2. The van der Waals surface area contributed by atoms with Gasteiger partial charge in [-0.25, -0.2) is 0 Å². The van der Waals surface area contributed by atoms with Gasteiger partial charge in [-0.3, -0.25) is 0 Å². The summed E-state index contributed by atoms with van der Waals surface area (Å²) in [6, 6.07) is 13.4. The van der Waals surface area contributed by atoms with Crippen LogP contribution in [-0.2, 0) is 10.0 Å². The summed E-state index contributed by atoms with van der Waals surface area (Å²) in [5.41, 5.74) is 1.46. The average molecular weight is 402 g/mol. The Morgan fingerprint density at radius 1 is 1.14 bits per heavy atom. The Hall–Kier alpha value is -1.37. The Kier molecular flexibility index (Phi) is 5.61. The third-order valence-electron chi connectivity index (χ3n) is 2.94. The van der Waals surface area contributed by atoms with Gasteiger partial charge in [0, 0.05) is 9.50 Å². The molecule has 2 aromatic carbocycles. The predicted octanol–water partition coefficient (Wildman–Crippen LogP) is 4.20. The summed E-state index contributed by atoms with van der Waals surface area (Å²) in [6.07, 6.45) is 0.588. The van der Waals surface area contributed by atoms with E-state index >= 15 is 0 Å². The second-order valence-electron chi connectivity index (χ2n) is 4.47. The third-order valence-corrected chi connectivity index (χ3v) is 4.94. The van der Waals surface area contributed by atoms with E-state index in [1.165, 1.54) is 12.1 Å². The first-order valence-electron chi connectivity index (χ1n) is 6.52. The highest BCUT2D eigenvalue weighted by Gasteiger charge is 2.13. The molecular formula is C15H14BrClN2O2S. The first kappa shape index (κ1) is 17.0. The lowest BCUT2D eigenvalue weighted by Crippen LogP contribution is -2.20. The SMILES string of the molecule is CC/C(=N\NS(=O)(=O)c1ccc(Br)cc1)c1ccc(Cl)cc1. The second-order valence-corrected chi connectivity index (χ2v) is 7.48. The van der Waals surface area contributed by atoms with Crippen LogP contribution in [0.1, 0.15) is 18.9 Å². The molecule has 0 radical (unpaired) electrons. The normalized spacial score (nSPS) is 12.2. The van der Waals surface area contributed by atoms with Crippen molar-refractivity contribution in [3.05, 3.63) is 63.6 Å². The minimum absolute atomic E-state index is 0.158. The van der Waals surface area contributed by atoms with Crippen molar-refractivity contribution in [2.24, 2.45) is 5.10 Å². The van der Waals surface area contributed by atoms with Gasteiger partial charge in [0.1, 0.15) is 0 Å². The van der Waals surface area contributed by atoms with E-state index in [1.807, 2.05) is 6.92 Å². The quantitative estimate of drug-likeness (QED) is 0.603. The lowest BCUT2D eigenvalue weighted by Gasteiger charge is -2.07. The molecule has 22 heavy (non-hydrogen) atoms. The molecule has 2 rings (SSSR count). The highest BCUT2D eigenvalue weighted by Crippen LogP contribution is 2.15. The van der Waals surface area contributed by atoms with E-state index < -0.39 is 10.0 Å². The van der Waals surface area contributed by atoms with Crippen molar-refractivity contribution in [1.82, 2.24) is 4.83 Å². The highest BCUT2D eigenvalue weighted by molar-refractivity contribution is 9.10. The molecule has 2 aromatic rings. The Labute approximate surface area is 143 Å². The van der Waals surface area contributed by atoms with Crippen molar-refractivity contribution in [3.63, 3.8) is 0 Å². The minimum Gasteiger partial charge on any atom is -0.200 e. The molecule has 7 heteroatoms. The van der Waals surface area contributed by atoms with Crippen molar-refractivity contribution in [3.8, 4) is 0 Å². The van der Waals surface area contributed by atoms with Crippen LogP contribution in [0.15, 0.2) is 63.0 Å². The van der Waals surface area contributed by atoms with Gasteiger partial charge >= 0.3 is 0 Å². The molecule has 1 N–H and O–H groups in total. The Morgan fingerprint density at radius 3 is 2.27 bits per heavy atom. The molecule has 0 aliphatic heterocycles. The number of hydrazone groups is 1. The van der Waals surface area contributed by atoms with Crippen molar-refractivity contribution < 1.29 is 8.42 Å². The van der Waals surface area contributed by atoms with Gasteiger partial charge in [0.05, 0.1) is 10.6 Å². The smallest absolute Gasteiger partial charge is 0.200 e. The Balaban J connectivity index is 2.24. The first-order chi connectivity index (χ1) is 10.4. The zero-order chi connectivity index (χ0) is 16.2. The van der Waals surface area contributed by atoms with Crippen LogP contribution < -0.4 is 4.83 Å². The summed E-state index contributed by atoms with van der Waals surface area (Å²) in [6.45, 7) is 1.90. The van der Waals surface area contributed by atoms with Gasteiger partial charge in [-0.05, 0) is 48.4 Å². The molecule has 0 aliphatic rings. The van der Waals surface area contributed by atoms with Crippen molar-refractivity contribution in [2.75, 3.05) is 0 Å². The van der Waals surface area contributed by atoms with Crippen LogP contribution in [-0.4, -0.2) is 14.1 Å². The van der Waals surface area contributed by atoms with Crippen LogP contribution in [0, 0.1) is 0 Å². The van der Waals surface area contributed by atoms with Gasteiger partial charge in [0.2, 0.25) is 0 Å². The fraction of sp³-hybridized carbons (Fsp3) is 0.133. The molecule has 0 saturated heterocycles. The van der Waals surface area contributed by atoms with Gasteiger partial charge < -0.3 is 0 Å². The zero-order valence-electron chi connectivity index (χ0n) is 11.8. The molecule has 0 aromatic heterocycles. The molecule has 0 amide bonds. The van der Waals surface area contributed by atoms with Crippen LogP contribution in [0.2, 0.25) is 5.02 Å². The molecule has 4 nitrogen and oxygen atoms in total. The number of sulfonamides is 1. The Bertz CT molecular complexity index is 772. The largest absolute Gasteiger partial charge is 0.276 e. The summed E-state index contributed by atoms with van der Waals surface area (Å²) >= 11 is 9.12. The first-order valence-corrected chi connectivity index (χ1v) is 9.17. The number of benzene rings is 2. The van der Waals surface area contributed by atoms with Gasteiger partial charge in [0.15, 0.2) is 0 Å². The lowest BCUT2D eigenvalue weighted by molar-refractivity contribution is 0.584. The molecule has 0 atom stereocenters. The summed E-state index contributed by atoms with van der Waals surface area (Å²) in [5.74, 6) is 0. The van der Waals surface area contributed by atoms with Crippen LogP contribution in [0.5, 0.6) is 0 Å². The van der Waals surface area contributed by atoms with E-state index in [-0.39, 0.29) is 4.90 Å². The standard InChI is InChI=1S/C15H14BrClN2O2S/c1-2-15(11-3-7-13(17)8-4-11)18-19-22(20,21)14-9-5-12(16)6-10-14/h3-10,19H,2H2,1H3/b18-15+. The maximum Gasteiger partial charge on any atom is 0.276 e. The molecule has 0 bridgehead atoms. The maximum atomic E-state index is 12.2. The highest BCUT2D eigenvalue weighted by atomic mass is 79.9. The summed E-state index contributed by atoms with van der Waals surface area (Å²) in [5, 5.41) is 4.66. The van der Waals surface area contributed by atoms with Crippen LogP contribution in [0.4, 0.5) is 0 Å². The van der Waals surface area contributed by atoms with Crippen molar-refractivity contribution >= 4 is 43.3 Å². The summed E-state index contributed by atoms with van der Waals surface area (Å²) in [7, 11) is -3.68. The number of halogens is 2. The van der Waals surface area contributed by atoms with Crippen LogP contribution >= 0.6 is 27.5 Å². The monoisotopic (exact) mass is 400 g/mol. The number of nitrogens with zero attached hydrogens (tertiary/aromatic N) is 1. The molecule has 0 saturated carbocycles. The number of hydrogen-bond acceptors (Lipinski definition) is 3. The molecule has 0 spiro atoms. The van der Waals surface area contributed by atoms with Gasteiger partial charge in [-0.2, -0.15) is 18.4 Å². The third kappa shape index (κ3) is 4.32. The molecule has 0 aliphatic carbocycles. The minimum atomic E-state index is -3.68. The number of rotatable bonds is 5. The summed E-state index contributed by atoms with van der Waals surface area (Å²) < 4.78 is 25.2. The van der Waals surface area contributed by atoms with Crippen molar-refractivity contribution in [2.45, 2.75) is 18.2 Å². The average Bonchev–Trinajstić information content (AvgIpc) is 2.50.